The molecule has 1 rings (SSSR count). The molecule has 1 aromatic heterocycles. The molecule has 1 aromatic rings. The molecule has 0 amide bonds. The SMILES string of the molecule is [As]c1ncc(Br)nc1Br. The summed E-state index contributed by atoms with van der Waals surface area (Å²) in [6, 6.07) is 0. The number of halogens is 2. The third-order valence-electron chi connectivity index (χ3n) is 0.683. The minimum absolute atomic E-state index is 0.740. The Morgan fingerprint density at radius 2 is 2.11 bits per heavy atom. The van der Waals surface area contributed by atoms with Crippen molar-refractivity contribution in [1.82, 2.24) is 9.97 Å². The van der Waals surface area contributed by atoms with Gasteiger partial charge in [0.05, 0.1) is 0 Å². The van der Waals surface area contributed by atoms with Crippen LogP contribution in [0.1, 0.15) is 0 Å². The standard InChI is InChI=1S/C4HAsBr2N2/c5-3-4(7)9-2(6)1-8-3/h1H. The Kier molecular flexibility index (Phi) is 2.68. The van der Waals surface area contributed by atoms with Crippen LogP contribution in [0, 0.1) is 0 Å². The third-order valence-corrected chi connectivity index (χ3v) is 2.97. The molecule has 0 saturated heterocycles. The first-order valence-corrected chi connectivity index (χ1v) is 4.59. The van der Waals surface area contributed by atoms with Gasteiger partial charge in [-0.1, -0.05) is 0 Å². The molecule has 0 N–H and O–H groups in total. The van der Waals surface area contributed by atoms with Gasteiger partial charge in [-0.05, 0) is 0 Å². The molecule has 0 atom stereocenters. The Balaban J connectivity index is 3.17. The molecule has 0 aliphatic carbocycles. The Morgan fingerprint density at radius 1 is 1.44 bits per heavy atom. The van der Waals surface area contributed by atoms with E-state index in [1.807, 2.05) is 0 Å². The first-order valence-electron chi connectivity index (χ1n) is 2.07. The van der Waals surface area contributed by atoms with E-state index in [1.165, 1.54) is 0 Å². The van der Waals surface area contributed by atoms with Gasteiger partial charge in [0.25, 0.3) is 0 Å². The van der Waals surface area contributed by atoms with Crippen LogP contribution in [0.25, 0.3) is 0 Å². The van der Waals surface area contributed by atoms with Gasteiger partial charge in [0.1, 0.15) is 0 Å². The van der Waals surface area contributed by atoms with Gasteiger partial charge in [0.2, 0.25) is 0 Å². The predicted octanol–water partition coefficient (Wildman–Crippen LogP) is 0.795. The van der Waals surface area contributed by atoms with E-state index in [1.54, 1.807) is 6.20 Å². The van der Waals surface area contributed by atoms with Crippen molar-refractivity contribution in [3.8, 4) is 0 Å². The molecule has 9 heavy (non-hydrogen) atoms. The molecular weight excluding hydrogens is 311 g/mol. The van der Waals surface area contributed by atoms with Crippen molar-refractivity contribution in [2.24, 2.45) is 0 Å². The van der Waals surface area contributed by atoms with E-state index < -0.39 is 0 Å². The van der Waals surface area contributed by atoms with E-state index in [0.29, 0.717) is 0 Å². The normalized spacial score (nSPS) is 9.67. The summed E-state index contributed by atoms with van der Waals surface area (Å²) in [5, 5.41) is 0. The second-order valence-corrected chi connectivity index (χ2v) is 3.76. The molecule has 0 bridgehead atoms. The van der Waals surface area contributed by atoms with Crippen LogP contribution in [0.5, 0.6) is 0 Å². The summed E-state index contributed by atoms with van der Waals surface area (Å²) < 4.78 is 2.34. The molecule has 2 nitrogen and oxygen atoms in total. The number of hydrogen-bond acceptors (Lipinski definition) is 2. The summed E-state index contributed by atoms with van der Waals surface area (Å²) >= 11 is 8.74. The van der Waals surface area contributed by atoms with E-state index in [0.717, 1.165) is 13.7 Å². The van der Waals surface area contributed by atoms with E-state index in [-0.39, 0.29) is 0 Å². The minimum atomic E-state index is 0.740. The molecule has 46 valence electrons. The topological polar surface area (TPSA) is 25.8 Å². The average molecular weight is 312 g/mol. The van der Waals surface area contributed by atoms with Crippen LogP contribution < -0.4 is 4.48 Å². The van der Waals surface area contributed by atoms with Crippen LogP contribution >= 0.6 is 31.9 Å². The number of hydrogen-bond donors (Lipinski definition) is 0. The zero-order valence-corrected chi connectivity index (χ0v) is 9.22. The maximum atomic E-state index is 4.03. The Bertz CT molecular complexity index is 228. The van der Waals surface area contributed by atoms with E-state index >= 15 is 0 Å². The predicted molar refractivity (Wildman–Crippen MR) is 42.8 cm³/mol. The van der Waals surface area contributed by atoms with Gasteiger partial charge in [-0.2, -0.15) is 0 Å². The van der Waals surface area contributed by atoms with Crippen molar-refractivity contribution in [1.29, 1.82) is 0 Å². The summed E-state index contributed by atoms with van der Waals surface area (Å²) in [5.41, 5.74) is 0. The number of nitrogens with zero attached hydrogens (tertiary/aromatic N) is 2. The van der Waals surface area contributed by atoms with Crippen molar-refractivity contribution in [2.45, 2.75) is 0 Å². The molecule has 0 aromatic carbocycles. The summed E-state index contributed by atoms with van der Waals surface area (Å²) in [7, 11) is 0. The second kappa shape index (κ2) is 3.13. The molecule has 2 radical (unpaired) electrons. The van der Waals surface area contributed by atoms with Crippen LogP contribution in [0.3, 0.4) is 0 Å². The van der Waals surface area contributed by atoms with Gasteiger partial charge in [-0.15, -0.1) is 0 Å². The van der Waals surface area contributed by atoms with Gasteiger partial charge >= 0.3 is 78.6 Å². The molecule has 5 heteroatoms. The maximum absolute atomic E-state index is 4.03. The number of rotatable bonds is 0. The summed E-state index contributed by atoms with van der Waals surface area (Å²) in [5.74, 6) is 0. The van der Waals surface area contributed by atoms with E-state index in [4.69, 9.17) is 0 Å². The Hall–Kier alpha value is 0.598. The monoisotopic (exact) mass is 310 g/mol. The van der Waals surface area contributed by atoms with E-state index in [2.05, 4.69) is 58.7 Å². The van der Waals surface area contributed by atoms with Gasteiger partial charge < -0.3 is 0 Å². The van der Waals surface area contributed by atoms with Crippen LogP contribution in [-0.4, -0.2) is 26.8 Å². The summed E-state index contributed by atoms with van der Waals surface area (Å²) in [6.45, 7) is 0. The van der Waals surface area contributed by atoms with Crippen LogP contribution in [-0.2, 0) is 0 Å². The van der Waals surface area contributed by atoms with Crippen molar-refractivity contribution in [3.63, 3.8) is 0 Å². The van der Waals surface area contributed by atoms with Crippen LogP contribution in [0.4, 0.5) is 0 Å². The van der Waals surface area contributed by atoms with Crippen molar-refractivity contribution >= 4 is 53.2 Å². The first-order chi connectivity index (χ1) is 4.20. The van der Waals surface area contributed by atoms with Crippen molar-refractivity contribution < 1.29 is 0 Å². The zero-order valence-electron chi connectivity index (χ0n) is 4.17. The zero-order chi connectivity index (χ0) is 6.85. The van der Waals surface area contributed by atoms with Gasteiger partial charge in [-0.3, -0.25) is 0 Å². The number of aromatic nitrogens is 2. The van der Waals surface area contributed by atoms with Gasteiger partial charge in [-0.25, -0.2) is 0 Å². The molecule has 0 aliphatic rings. The quantitative estimate of drug-likeness (QED) is 0.662. The molecule has 0 fully saturated rings. The fourth-order valence-electron chi connectivity index (χ4n) is 0.340. The Morgan fingerprint density at radius 3 is 2.56 bits per heavy atom. The molecule has 0 unspecified atom stereocenters. The van der Waals surface area contributed by atoms with Crippen molar-refractivity contribution in [2.75, 3.05) is 0 Å². The van der Waals surface area contributed by atoms with Crippen molar-refractivity contribution in [3.05, 3.63) is 15.4 Å². The molecule has 1 heterocycles. The Labute approximate surface area is 78.2 Å². The van der Waals surface area contributed by atoms with Gasteiger partial charge in [0.15, 0.2) is 0 Å². The average Bonchev–Trinajstić information content (AvgIpc) is 1.80. The fourth-order valence-corrected chi connectivity index (χ4v) is 1.38. The summed E-state index contributed by atoms with van der Waals surface area (Å²) in [4.78, 5) is 8.02. The van der Waals surface area contributed by atoms with Crippen LogP contribution in [0.2, 0.25) is 0 Å². The van der Waals surface area contributed by atoms with Crippen LogP contribution in [0.15, 0.2) is 15.4 Å². The first kappa shape index (κ1) is 7.70. The van der Waals surface area contributed by atoms with Gasteiger partial charge in [0, 0.05) is 0 Å². The molecular formula is C4HAsBr2N2. The second-order valence-electron chi connectivity index (χ2n) is 1.31. The summed E-state index contributed by atoms with van der Waals surface area (Å²) in [6.07, 6.45) is 1.65. The molecule has 0 aliphatic heterocycles. The third kappa shape index (κ3) is 2.02. The molecule has 0 spiro atoms. The molecule has 0 saturated carbocycles. The fraction of sp³-hybridized carbons (Fsp3) is 0. The van der Waals surface area contributed by atoms with E-state index in [9.17, 15) is 0 Å².